The van der Waals surface area contributed by atoms with Crippen molar-refractivity contribution in [2.75, 3.05) is 25.2 Å². The molecule has 0 atom stereocenters. The molecule has 1 saturated carbocycles. The van der Waals surface area contributed by atoms with E-state index in [-0.39, 0.29) is 17.2 Å². The van der Waals surface area contributed by atoms with Crippen LogP contribution in [0.1, 0.15) is 39.7 Å². The lowest BCUT2D eigenvalue weighted by molar-refractivity contribution is 0.0691. The van der Waals surface area contributed by atoms with Gasteiger partial charge in [-0.2, -0.15) is 4.99 Å². The summed E-state index contributed by atoms with van der Waals surface area (Å²) in [4.78, 5) is 23.7. The highest BCUT2D eigenvalue weighted by atomic mass is 32.1. The molecule has 5 rings (SSSR count). The molecule has 1 aliphatic carbocycles. The molecule has 214 valence electrons. The number of thiazole rings is 2. The van der Waals surface area contributed by atoms with Crippen LogP contribution in [0.2, 0.25) is 25.7 Å². The standard InChI is InChI=1S/C28H32N6O4S2Si/c1-33(27-29-24(26(36)37)22(40-27)10-7-13-35)23-16-19(18-11-12-18)25(32-31-23)30-28-34(17-38-14-15-41(2,3)4)20-8-5-6-9-21(20)39-28/h5-6,8-9,16,18,35H,11-15,17H2,1-4H3,(H,36,37). The Morgan fingerprint density at radius 1 is 1.24 bits per heavy atom. The molecule has 1 fully saturated rings. The fraction of sp³-hybridized carbons (Fsp3) is 0.393. The average Bonchev–Trinajstić information content (AvgIpc) is 3.60. The number of aliphatic hydroxyl groups is 1. The number of para-hydroxylation sites is 1. The quantitative estimate of drug-likeness (QED) is 0.143. The number of nitrogens with zero attached hydrogens (tertiary/aromatic N) is 6. The second-order valence-corrected chi connectivity index (χ2v) is 18.6. The van der Waals surface area contributed by atoms with E-state index in [2.05, 4.69) is 63.4 Å². The number of ether oxygens (including phenoxy) is 1. The molecule has 13 heteroatoms. The minimum Gasteiger partial charge on any atom is -0.476 e. The Labute approximate surface area is 247 Å². The number of carboxylic acids is 1. The largest absolute Gasteiger partial charge is 0.476 e. The SMILES string of the molecule is CN(c1cc(C2CC2)c(N=c2sc3ccccc3n2COCC[Si](C)(C)C)nn1)c1nc(C(=O)O)c(C#CCO)s1. The van der Waals surface area contributed by atoms with Crippen molar-refractivity contribution in [3.05, 3.63) is 51.3 Å². The van der Waals surface area contributed by atoms with Crippen LogP contribution in [0.25, 0.3) is 10.2 Å². The zero-order valence-electron chi connectivity index (χ0n) is 23.4. The van der Waals surface area contributed by atoms with Gasteiger partial charge in [0.1, 0.15) is 18.2 Å². The number of hydrogen-bond acceptors (Lipinski definition) is 10. The zero-order valence-corrected chi connectivity index (χ0v) is 26.1. The average molecular weight is 609 g/mol. The van der Waals surface area contributed by atoms with E-state index in [1.807, 2.05) is 18.2 Å². The minimum absolute atomic E-state index is 0.152. The summed E-state index contributed by atoms with van der Waals surface area (Å²) in [6.45, 7) is 7.79. The fourth-order valence-corrected chi connectivity index (χ4v) is 6.77. The minimum atomic E-state index is -1.20. The van der Waals surface area contributed by atoms with Gasteiger partial charge < -0.3 is 19.8 Å². The number of carboxylic acid groups (broad SMARTS) is 1. The van der Waals surface area contributed by atoms with Crippen LogP contribution in [0.5, 0.6) is 0 Å². The zero-order chi connectivity index (χ0) is 29.1. The van der Waals surface area contributed by atoms with Crippen molar-refractivity contribution in [2.45, 2.75) is 51.2 Å². The molecule has 3 aromatic heterocycles. The van der Waals surface area contributed by atoms with E-state index in [9.17, 15) is 9.90 Å². The van der Waals surface area contributed by atoms with Crippen molar-refractivity contribution >= 4 is 63.7 Å². The van der Waals surface area contributed by atoms with Crippen LogP contribution in [0.15, 0.2) is 35.3 Å². The maximum Gasteiger partial charge on any atom is 0.356 e. The van der Waals surface area contributed by atoms with E-state index in [0.717, 1.165) is 50.8 Å². The lowest BCUT2D eigenvalue weighted by Crippen LogP contribution is -2.23. The van der Waals surface area contributed by atoms with Crippen LogP contribution >= 0.6 is 22.7 Å². The number of aromatic carboxylic acids is 1. The highest BCUT2D eigenvalue weighted by molar-refractivity contribution is 7.16. The third kappa shape index (κ3) is 6.91. The molecule has 41 heavy (non-hydrogen) atoms. The summed E-state index contributed by atoms with van der Waals surface area (Å²) in [6, 6.07) is 11.3. The number of aromatic nitrogens is 4. The molecule has 0 aliphatic heterocycles. The Balaban J connectivity index is 1.49. The Kier molecular flexibility index (Phi) is 8.67. The monoisotopic (exact) mass is 608 g/mol. The van der Waals surface area contributed by atoms with Gasteiger partial charge in [0, 0.05) is 27.3 Å². The van der Waals surface area contributed by atoms with Crippen LogP contribution in [0.4, 0.5) is 16.8 Å². The predicted molar refractivity (Wildman–Crippen MR) is 164 cm³/mol. The molecule has 0 amide bonds. The van der Waals surface area contributed by atoms with Gasteiger partial charge in [0.2, 0.25) is 0 Å². The van der Waals surface area contributed by atoms with E-state index in [0.29, 0.717) is 36.0 Å². The molecular formula is C28H32N6O4S2Si. The van der Waals surface area contributed by atoms with Gasteiger partial charge in [0.05, 0.1) is 10.2 Å². The topological polar surface area (TPSA) is 126 Å². The normalized spacial score (nSPS) is 13.8. The molecule has 10 nitrogen and oxygen atoms in total. The van der Waals surface area contributed by atoms with Gasteiger partial charge in [-0.3, -0.25) is 4.57 Å². The van der Waals surface area contributed by atoms with E-state index >= 15 is 0 Å². The summed E-state index contributed by atoms with van der Waals surface area (Å²) in [5.74, 6) is 5.45. The number of carbonyl (C=O) groups is 1. The van der Waals surface area contributed by atoms with Crippen molar-refractivity contribution in [1.29, 1.82) is 0 Å². The maximum absolute atomic E-state index is 11.7. The summed E-state index contributed by atoms with van der Waals surface area (Å²) >= 11 is 2.72. The van der Waals surface area contributed by atoms with Gasteiger partial charge in [-0.25, -0.2) is 9.78 Å². The van der Waals surface area contributed by atoms with Gasteiger partial charge in [-0.1, -0.05) is 66.3 Å². The molecule has 4 aromatic rings. The second-order valence-electron chi connectivity index (χ2n) is 11.0. The number of fused-ring (bicyclic) bond motifs is 1. The first-order valence-corrected chi connectivity index (χ1v) is 18.6. The van der Waals surface area contributed by atoms with E-state index in [1.54, 1.807) is 23.3 Å². The Hall–Kier alpha value is -3.41. The number of hydrogen-bond donors (Lipinski definition) is 2. The molecule has 0 unspecified atom stereocenters. The second kappa shape index (κ2) is 12.2. The van der Waals surface area contributed by atoms with Crippen LogP contribution in [-0.4, -0.2) is 64.3 Å². The molecule has 0 spiro atoms. The highest BCUT2D eigenvalue weighted by Crippen LogP contribution is 2.44. The molecule has 0 radical (unpaired) electrons. The highest BCUT2D eigenvalue weighted by Gasteiger charge is 2.29. The van der Waals surface area contributed by atoms with Crippen molar-refractivity contribution < 1.29 is 19.7 Å². The summed E-state index contributed by atoms with van der Waals surface area (Å²) in [7, 11) is 0.566. The van der Waals surface area contributed by atoms with Crippen LogP contribution in [0, 0.1) is 11.8 Å². The van der Waals surface area contributed by atoms with E-state index < -0.39 is 14.0 Å². The van der Waals surface area contributed by atoms with Gasteiger partial charge in [0.25, 0.3) is 0 Å². The maximum atomic E-state index is 11.7. The van der Waals surface area contributed by atoms with Crippen LogP contribution in [-0.2, 0) is 11.5 Å². The number of benzene rings is 1. The van der Waals surface area contributed by atoms with Crippen LogP contribution in [0.3, 0.4) is 0 Å². The third-order valence-corrected chi connectivity index (χ3v) is 10.4. The first-order valence-electron chi connectivity index (χ1n) is 13.3. The molecule has 2 N–H and O–H groups in total. The van der Waals surface area contributed by atoms with Gasteiger partial charge >= 0.3 is 5.97 Å². The number of anilines is 2. The smallest absolute Gasteiger partial charge is 0.356 e. The van der Waals surface area contributed by atoms with Gasteiger partial charge in [-0.15, -0.1) is 10.2 Å². The van der Waals surface area contributed by atoms with E-state index in [4.69, 9.17) is 14.8 Å². The predicted octanol–water partition coefficient (Wildman–Crippen LogP) is 5.18. The summed E-state index contributed by atoms with van der Waals surface area (Å²) < 4.78 is 9.33. The van der Waals surface area contributed by atoms with Crippen molar-refractivity contribution in [3.8, 4) is 11.8 Å². The molecule has 3 heterocycles. The molecular weight excluding hydrogens is 577 g/mol. The lowest BCUT2D eigenvalue weighted by Gasteiger charge is -2.16. The molecule has 1 aromatic carbocycles. The summed E-state index contributed by atoms with van der Waals surface area (Å²) in [5, 5.41) is 28.0. The number of aliphatic hydroxyl groups excluding tert-OH is 1. The fourth-order valence-electron chi connectivity index (χ4n) is 4.09. The molecule has 0 saturated heterocycles. The molecule has 1 aliphatic rings. The van der Waals surface area contributed by atoms with Crippen molar-refractivity contribution in [1.82, 2.24) is 19.7 Å². The Morgan fingerprint density at radius 2 is 2.02 bits per heavy atom. The Bertz CT molecular complexity index is 1710. The first-order chi connectivity index (χ1) is 19.6. The lowest BCUT2D eigenvalue weighted by atomic mass is 10.2. The third-order valence-electron chi connectivity index (χ3n) is 6.54. The molecule has 0 bridgehead atoms. The van der Waals surface area contributed by atoms with Crippen LogP contribution < -0.4 is 9.70 Å². The van der Waals surface area contributed by atoms with Crippen molar-refractivity contribution in [2.24, 2.45) is 4.99 Å². The van der Waals surface area contributed by atoms with Gasteiger partial charge in [0.15, 0.2) is 27.3 Å². The van der Waals surface area contributed by atoms with Crippen molar-refractivity contribution in [3.63, 3.8) is 0 Å². The number of rotatable bonds is 10. The summed E-state index contributed by atoms with van der Waals surface area (Å²) in [6.07, 6.45) is 2.09. The van der Waals surface area contributed by atoms with E-state index in [1.165, 1.54) is 0 Å². The first kappa shape index (κ1) is 29.1. The Morgan fingerprint density at radius 3 is 2.73 bits per heavy atom. The van der Waals surface area contributed by atoms with Gasteiger partial charge in [-0.05, 0) is 43.0 Å². The summed E-state index contributed by atoms with van der Waals surface area (Å²) in [5.41, 5.74) is 1.92.